The first-order chi connectivity index (χ1) is 4.56. The van der Waals surface area contributed by atoms with Crippen molar-refractivity contribution in [1.29, 1.82) is 0 Å². The summed E-state index contributed by atoms with van der Waals surface area (Å²) in [6, 6.07) is 0. The highest BCUT2D eigenvalue weighted by Crippen LogP contribution is 2.00. The smallest absolute Gasteiger partial charge is 0.265 e. The fraction of sp³-hybridized carbons (Fsp3) is 1.00. The van der Waals surface area contributed by atoms with Crippen molar-refractivity contribution in [3.8, 4) is 0 Å². The lowest BCUT2D eigenvalue weighted by Crippen LogP contribution is -2.06. The van der Waals surface area contributed by atoms with E-state index >= 15 is 0 Å². The van der Waals surface area contributed by atoms with Crippen LogP contribution in [-0.4, -0.2) is 36.0 Å². The molecule has 0 spiro atoms. The molecule has 0 amide bonds. The van der Waals surface area contributed by atoms with Crippen molar-refractivity contribution in [3.63, 3.8) is 0 Å². The highest BCUT2D eigenvalue weighted by molar-refractivity contribution is 8.00. The summed E-state index contributed by atoms with van der Waals surface area (Å²) in [6.45, 7) is 0. The van der Waals surface area contributed by atoms with Gasteiger partial charge in [0.1, 0.15) is 0 Å². The molecule has 3 nitrogen and oxygen atoms in total. The van der Waals surface area contributed by atoms with Crippen LogP contribution in [-0.2, 0) is 10.1 Å². The third kappa shape index (κ3) is 8.61. The number of thiol groups is 1. The molecule has 0 fully saturated rings. The zero-order valence-corrected chi connectivity index (χ0v) is 7.88. The van der Waals surface area contributed by atoms with Crippen LogP contribution in [0.2, 0.25) is 0 Å². The summed E-state index contributed by atoms with van der Waals surface area (Å²) in [6.07, 6.45) is 0. The van der Waals surface area contributed by atoms with Gasteiger partial charge in [-0.3, -0.25) is 4.55 Å². The van der Waals surface area contributed by atoms with E-state index in [1.807, 2.05) is 0 Å². The summed E-state index contributed by atoms with van der Waals surface area (Å²) in [5.74, 6) is 1.83. The van der Waals surface area contributed by atoms with E-state index in [1.165, 1.54) is 11.8 Å². The second-order valence-corrected chi connectivity index (χ2v) is 4.87. The van der Waals surface area contributed by atoms with Crippen molar-refractivity contribution in [1.82, 2.24) is 0 Å². The molecule has 6 heteroatoms. The van der Waals surface area contributed by atoms with Gasteiger partial charge in [0, 0.05) is 11.5 Å². The lowest BCUT2D eigenvalue weighted by molar-refractivity contribution is 0.485. The summed E-state index contributed by atoms with van der Waals surface area (Å²) >= 11 is 5.40. The molecule has 0 heterocycles. The van der Waals surface area contributed by atoms with Gasteiger partial charge >= 0.3 is 0 Å². The monoisotopic (exact) mass is 202 g/mol. The average molecular weight is 202 g/mol. The van der Waals surface area contributed by atoms with Crippen molar-refractivity contribution in [2.75, 3.05) is 23.0 Å². The van der Waals surface area contributed by atoms with E-state index in [4.69, 9.17) is 4.55 Å². The van der Waals surface area contributed by atoms with Gasteiger partial charge in [0.15, 0.2) is 0 Å². The Morgan fingerprint density at radius 2 is 2.00 bits per heavy atom. The Kier molecular flexibility index (Phi) is 5.61. The van der Waals surface area contributed by atoms with E-state index < -0.39 is 10.1 Å². The van der Waals surface area contributed by atoms with Crippen LogP contribution in [0.1, 0.15) is 0 Å². The number of hydrogen-bond acceptors (Lipinski definition) is 4. The number of hydrogen-bond donors (Lipinski definition) is 2. The molecule has 10 heavy (non-hydrogen) atoms. The van der Waals surface area contributed by atoms with E-state index in [2.05, 4.69) is 12.6 Å². The standard InChI is InChI=1S/C4H10O3S3/c5-10(6,7)4-3-9-2-1-8/h8H,1-4H2,(H,5,6,7). The molecule has 1 N–H and O–H groups in total. The van der Waals surface area contributed by atoms with E-state index in [0.717, 1.165) is 11.5 Å². The molecule has 0 aromatic heterocycles. The Labute approximate surface area is 70.7 Å². The second kappa shape index (κ2) is 5.29. The van der Waals surface area contributed by atoms with Gasteiger partial charge in [-0.05, 0) is 5.75 Å². The summed E-state index contributed by atoms with van der Waals surface area (Å²) in [4.78, 5) is 0. The summed E-state index contributed by atoms with van der Waals surface area (Å²) in [7, 11) is -3.75. The van der Waals surface area contributed by atoms with Gasteiger partial charge in [0.2, 0.25) is 0 Å². The number of thioether (sulfide) groups is 1. The van der Waals surface area contributed by atoms with Gasteiger partial charge in [-0.15, -0.1) is 0 Å². The van der Waals surface area contributed by atoms with Gasteiger partial charge < -0.3 is 0 Å². The van der Waals surface area contributed by atoms with Gasteiger partial charge in [0.05, 0.1) is 5.75 Å². The van der Waals surface area contributed by atoms with Crippen molar-refractivity contribution < 1.29 is 13.0 Å². The highest BCUT2D eigenvalue weighted by atomic mass is 32.2. The van der Waals surface area contributed by atoms with Crippen LogP contribution in [0.15, 0.2) is 0 Å². The molecule has 0 aromatic carbocycles. The number of rotatable bonds is 5. The highest BCUT2D eigenvalue weighted by Gasteiger charge is 2.02. The first-order valence-corrected chi connectivity index (χ1v) is 6.09. The van der Waals surface area contributed by atoms with Crippen LogP contribution >= 0.6 is 24.4 Å². The molecule has 0 saturated carbocycles. The van der Waals surface area contributed by atoms with Crippen LogP contribution in [0.4, 0.5) is 0 Å². The second-order valence-electron chi connectivity index (χ2n) is 1.62. The third-order valence-corrected chi connectivity index (χ3v) is 3.21. The molecule has 0 aliphatic heterocycles. The van der Waals surface area contributed by atoms with E-state index in [1.54, 1.807) is 0 Å². The minimum atomic E-state index is -3.75. The van der Waals surface area contributed by atoms with Crippen molar-refractivity contribution in [2.24, 2.45) is 0 Å². The first-order valence-electron chi connectivity index (χ1n) is 2.70. The molecule has 0 radical (unpaired) electrons. The van der Waals surface area contributed by atoms with Gasteiger partial charge in [-0.1, -0.05) is 0 Å². The largest absolute Gasteiger partial charge is 0.286 e. The molecule has 0 bridgehead atoms. The molecule has 62 valence electrons. The molecule has 0 aromatic rings. The Hall–Kier alpha value is 0.610. The molecule has 0 rings (SSSR count). The van der Waals surface area contributed by atoms with Crippen LogP contribution in [0.25, 0.3) is 0 Å². The minimum Gasteiger partial charge on any atom is -0.286 e. The fourth-order valence-electron chi connectivity index (χ4n) is 0.331. The van der Waals surface area contributed by atoms with E-state index in [-0.39, 0.29) is 5.75 Å². The lowest BCUT2D eigenvalue weighted by atomic mass is 10.9. The molecular weight excluding hydrogens is 192 g/mol. The molecule has 0 atom stereocenters. The van der Waals surface area contributed by atoms with Crippen LogP contribution in [0.3, 0.4) is 0 Å². The lowest BCUT2D eigenvalue weighted by Gasteiger charge is -1.95. The SMILES string of the molecule is O=S(=O)(O)CCSCCS. The molecule has 0 unspecified atom stereocenters. The van der Waals surface area contributed by atoms with E-state index in [0.29, 0.717) is 5.75 Å². The normalized spacial score (nSPS) is 11.8. The van der Waals surface area contributed by atoms with Crippen molar-refractivity contribution in [2.45, 2.75) is 0 Å². The molecular formula is C4H10O3S3. The predicted octanol–water partition coefficient (Wildman–Crippen LogP) is 0.537. The minimum absolute atomic E-state index is 0.161. The van der Waals surface area contributed by atoms with E-state index in [9.17, 15) is 8.42 Å². The molecule has 0 aliphatic carbocycles. The van der Waals surface area contributed by atoms with Gasteiger partial charge in [0.25, 0.3) is 10.1 Å². The van der Waals surface area contributed by atoms with Crippen LogP contribution < -0.4 is 0 Å². The molecule has 0 saturated heterocycles. The summed E-state index contributed by atoms with van der Waals surface area (Å²) in [5.41, 5.74) is 0. The molecule has 0 aliphatic rings. The topological polar surface area (TPSA) is 54.4 Å². The zero-order chi connectivity index (χ0) is 8.04. The van der Waals surface area contributed by atoms with Gasteiger partial charge in [-0.2, -0.15) is 32.8 Å². The van der Waals surface area contributed by atoms with Crippen LogP contribution in [0.5, 0.6) is 0 Å². The Bertz CT molecular complexity index is 163. The maximum Gasteiger partial charge on any atom is 0.265 e. The fourth-order valence-corrected chi connectivity index (χ4v) is 2.37. The van der Waals surface area contributed by atoms with Crippen molar-refractivity contribution >= 4 is 34.5 Å². The zero-order valence-electron chi connectivity index (χ0n) is 5.36. The Morgan fingerprint density at radius 1 is 1.40 bits per heavy atom. The Balaban J connectivity index is 3.21. The first kappa shape index (κ1) is 10.6. The van der Waals surface area contributed by atoms with Crippen molar-refractivity contribution in [3.05, 3.63) is 0 Å². The maximum atomic E-state index is 10.1. The maximum absolute atomic E-state index is 10.1. The average Bonchev–Trinajstić information content (AvgIpc) is 1.78. The van der Waals surface area contributed by atoms with Gasteiger partial charge in [-0.25, -0.2) is 0 Å². The summed E-state index contributed by atoms with van der Waals surface area (Å²) < 4.78 is 28.5. The third-order valence-electron chi connectivity index (χ3n) is 0.721. The Morgan fingerprint density at radius 3 is 2.40 bits per heavy atom. The predicted molar refractivity (Wildman–Crippen MR) is 47.6 cm³/mol. The van der Waals surface area contributed by atoms with Crippen LogP contribution in [0, 0.1) is 0 Å². The summed E-state index contributed by atoms with van der Waals surface area (Å²) in [5, 5.41) is 0. The quantitative estimate of drug-likeness (QED) is 0.388.